The Morgan fingerprint density at radius 2 is 0.139 bits per heavy atom. The predicted molar refractivity (Wildman–Crippen MR) is 108 cm³/mol. The van der Waals surface area contributed by atoms with Gasteiger partial charge in [-0.05, 0) is 0 Å². The molecule has 3 fully saturated rings. The molecule has 0 aromatic heterocycles. The Hall–Kier alpha value is -0.720. The average molecular weight is 540 g/mol. The van der Waals surface area contributed by atoms with Gasteiger partial charge in [-0.2, -0.15) is 0 Å². The Morgan fingerprint density at radius 1 is 0.111 bits per heavy atom. The predicted octanol–water partition coefficient (Wildman–Crippen LogP) is -11.5. The van der Waals surface area contributed by atoms with Crippen molar-refractivity contribution in [2.24, 2.45) is 0 Å². The van der Waals surface area contributed by atoms with Crippen molar-refractivity contribution >= 4 is 0 Å². The van der Waals surface area contributed by atoms with Crippen LogP contribution in [0, 0.1) is 0 Å². The highest BCUT2D eigenvalue weighted by Crippen LogP contribution is 2.22. The molecule has 0 atom stereocenters. The van der Waals surface area contributed by atoms with E-state index in [1.165, 1.54) is 0 Å². The third-order valence-corrected chi connectivity index (χ3v) is 6.30. The van der Waals surface area contributed by atoms with Crippen LogP contribution in [-0.2, 0) is 0 Å². The van der Waals surface area contributed by atoms with Crippen LogP contribution in [0.25, 0.3) is 0 Å². The molecule has 3 aliphatic rings. The monoisotopic (exact) mass is 540 g/mol. The maximum absolute atomic E-state index is 8.97. The summed E-state index contributed by atoms with van der Waals surface area (Å²) < 4.78 is 0. The number of hydrogen-bond donors (Lipinski definition) is 18. The van der Waals surface area contributed by atoms with E-state index in [-0.39, 0.29) is 0 Å². The summed E-state index contributed by atoms with van der Waals surface area (Å²) in [5, 5.41) is 162. The molecular weight excluding hydrogens is 504 g/mol. The molecule has 0 saturated heterocycles. The zero-order valence-corrected chi connectivity index (χ0v) is 18.4. The summed E-state index contributed by atoms with van der Waals surface area (Å²) in [7, 11) is 0. The fourth-order valence-electron chi connectivity index (χ4n) is 3.64. The van der Waals surface area contributed by atoms with E-state index in [0.29, 0.717) is 0 Å². The Morgan fingerprint density at radius 3 is 0.167 bits per heavy atom. The highest BCUT2D eigenvalue weighted by Gasteiger charge is 2.49. The molecule has 0 spiro atoms. The van der Waals surface area contributed by atoms with Crippen molar-refractivity contribution < 1.29 is 91.9 Å². The van der Waals surface area contributed by atoms with Crippen molar-refractivity contribution in [1.82, 2.24) is 0 Å². The second kappa shape index (κ2) is 13.4. The van der Waals surface area contributed by atoms with Gasteiger partial charge in [-0.15, -0.1) is 0 Å². The molecular formula is C18H36O18. The standard InChI is InChI=1S/3C6H12O6/c3*7-1-2(8)4(10)6(12)5(11)3(1)9/h3*1-12H/t1-,2+,3-,4+,5-,6+;1-,2-,3-,4+,5-,6+;1-,2-,3-,4-,5-,6-. The number of rotatable bonds is 0. The van der Waals surface area contributed by atoms with E-state index in [2.05, 4.69) is 0 Å². The van der Waals surface area contributed by atoms with Crippen molar-refractivity contribution in [3.8, 4) is 0 Å². The van der Waals surface area contributed by atoms with Crippen molar-refractivity contribution in [2.45, 2.75) is 110 Å². The lowest BCUT2D eigenvalue weighted by Gasteiger charge is -2.39. The number of aliphatic hydroxyl groups excluding tert-OH is 18. The van der Waals surface area contributed by atoms with Crippen molar-refractivity contribution in [3.05, 3.63) is 0 Å². The van der Waals surface area contributed by atoms with Crippen LogP contribution in [0.15, 0.2) is 0 Å². The first kappa shape index (κ1) is 33.3. The first-order chi connectivity index (χ1) is 16.4. The van der Waals surface area contributed by atoms with Gasteiger partial charge in [0.15, 0.2) is 0 Å². The van der Waals surface area contributed by atoms with Crippen LogP contribution in [0.2, 0.25) is 0 Å². The van der Waals surface area contributed by atoms with E-state index in [9.17, 15) is 0 Å². The molecule has 0 heterocycles. The lowest BCUT2D eigenvalue weighted by Crippen LogP contribution is -2.63. The van der Waals surface area contributed by atoms with Crippen LogP contribution in [0.5, 0.6) is 0 Å². The van der Waals surface area contributed by atoms with Gasteiger partial charge in [-0.25, -0.2) is 0 Å². The molecule has 36 heavy (non-hydrogen) atoms. The summed E-state index contributed by atoms with van der Waals surface area (Å²) in [6.07, 6.45) is -29.5. The highest BCUT2D eigenvalue weighted by atomic mass is 16.4. The van der Waals surface area contributed by atoms with Gasteiger partial charge in [0.2, 0.25) is 0 Å². The first-order valence-corrected chi connectivity index (χ1v) is 10.6. The molecule has 216 valence electrons. The van der Waals surface area contributed by atoms with Crippen molar-refractivity contribution in [2.75, 3.05) is 0 Å². The number of aliphatic hydroxyl groups is 18. The van der Waals surface area contributed by atoms with Gasteiger partial charge in [0.25, 0.3) is 0 Å². The second-order valence-electron chi connectivity index (χ2n) is 8.83. The second-order valence-corrected chi connectivity index (χ2v) is 8.83. The van der Waals surface area contributed by atoms with E-state index < -0.39 is 110 Å². The summed E-state index contributed by atoms with van der Waals surface area (Å²) >= 11 is 0. The maximum Gasteiger partial charge on any atom is 0.111 e. The van der Waals surface area contributed by atoms with Crippen molar-refractivity contribution in [3.63, 3.8) is 0 Å². The summed E-state index contributed by atoms with van der Waals surface area (Å²) in [4.78, 5) is 0. The van der Waals surface area contributed by atoms with Crippen LogP contribution >= 0.6 is 0 Å². The molecule has 0 aromatic carbocycles. The lowest BCUT2D eigenvalue weighted by atomic mass is 9.85. The van der Waals surface area contributed by atoms with Crippen LogP contribution in [0.1, 0.15) is 0 Å². The third-order valence-electron chi connectivity index (χ3n) is 6.30. The molecule has 3 aliphatic carbocycles. The first-order valence-electron chi connectivity index (χ1n) is 10.6. The quantitative estimate of drug-likeness (QED) is 0.135. The van der Waals surface area contributed by atoms with E-state index in [1.807, 2.05) is 0 Å². The fourth-order valence-corrected chi connectivity index (χ4v) is 3.64. The van der Waals surface area contributed by atoms with Gasteiger partial charge in [0.05, 0.1) is 0 Å². The summed E-state index contributed by atoms with van der Waals surface area (Å²) in [5.74, 6) is 0. The summed E-state index contributed by atoms with van der Waals surface area (Å²) in [6.45, 7) is 0. The normalized spacial score (nSPS) is 55.5. The molecule has 3 saturated carbocycles. The Labute approximate surface area is 202 Å². The maximum atomic E-state index is 8.97. The Bertz CT molecular complexity index is 396. The molecule has 0 radical (unpaired) electrons. The van der Waals surface area contributed by atoms with Crippen LogP contribution in [0.4, 0.5) is 0 Å². The van der Waals surface area contributed by atoms with E-state index >= 15 is 0 Å². The van der Waals surface area contributed by atoms with Gasteiger partial charge in [0, 0.05) is 0 Å². The van der Waals surface area contributed by atoms with Gasteiger partial charge in [0.1, 0.15) is 110 Å². The fraction of sp³-hybridized carbons (Fsp3) is 1.00. The zero-order valence-electron chi connectivity index (χ0n) is 18.4. The van der Waals surface area contributed by atoms with Crippen LogP contribution in [0.3, 0.4) is 0 Å². The minimum absolute atomic E-state index is 1.64. The van der Waals surface area contributed by atoms with Crippen LogP contribution < -0.4 is 0 Å². The molecule has 0 aliphatic heterocycles. The van der Waals surface area contributed by atoms with Crippen molar-refractivity contribution in [1.29, 1.82) is 0 Å². The minimum atomic E-state index is -1.64. The average Bonchev–Trinajstić information content (AvgIpc) is 2.87. The summed E-state index contributed by atoms with van der Waals surface area (Å²) in [6, 6.07) is 0. The van der Waals surface area contributed by atoms with Gasteiger partial charge in [-0.1, -0.05) is 0 Å². The molecule has 0 amide bonds. The van der Waals surface area contributed by atoms with Gasteiger partial charge < -0.3 is 91.9 Å². The smallest absolute Gasteiger partial charge is 0.111 e. The number of hydrogen-bond acceptors (Lipinski definition) is 18. The van der Waals surface area contributed by atoms with E-state index in [4.69, 9.17) is 91.9 Å². The third kappa shape index (κ3) is 6.83. The molecule has 18 nitrogen and oxygen atoms in total. The lowest BCUT2D eigenvalue weighted by molar-refractivity contribution is -0.223. The van der Waals surface area contributed by atoms with Gasteiger partial charge in [-0.3, -0.25) is 0 Å². The molecule has 0 aromatic rings. The zero-order chi connectivity index (χ0) is 28.4. The Balaban J connectivity index is 0.000000270. The van der Waals surface area contributed by atoms with Crippen LogP contribution in [-0.4, -0.2) is 202 Å². The summed E-state index contributed by atoms with van der Waals surface area (Å²) in [5.41, 5.74) is 0. The molecule has 0 bridgehead atoms. The molecule has 3 rings (SSSR count). The van der Waals surface area contributed by atoms with E-state index in [0.717, 1.165) is 0 Å². The van der Waals surface area contributed by atoms with E-state index in [1.54, 1.807) is 0 Å². The SMILES string of the molecule is O[C@H]1[C@@H](O)[C@@H](O)[C@@H](O)[C@@H](O)[C@@H]1O.O[C@H]1[C@@H](O)[C@@H](O)[C@@H](O)[C@@H](O)[C@H]1O.O[C@H]1[C@H](O)[C@H](O)[C@H](O)[C@@H](O)[C@H]1O. The largest absolute Gasteiger partial charge is 0.387 e. The molecule has 18 heteroatoms. The minimum Gasteiger partial charge on any atom is -0.387 e. The molecule has 18 N–H and O–H groups in total. The molecule has 0 unspecified atom stereocenters. The topological polar surface area (TPSA) is 364 Å². The Kier molecular flexibility index (Phi) is 12.4. The highest BCUT2D eigenvalue weighted by molar-refractivity contribution is 4.99. The van der Waals surface area contributed by atoms with Gasteiger partial charge >= 0.3 is 0 Å².